The Morgan fingerprint density at radius 1 is 1.25 bits per heavy atom. The summed E-state index contributed by atoms with van der Waals surface area (Å²) < 4.78 is 5.24. The van der Waals surface area contributed by atoms with Gasteiger partial charge in [0, 0.05) is 37.2 Å². The van der Waals surface area contributed by atoms with Crippen molar-refractivity contribution in [3.8, 4) is 0 Å². The summed E-state index contributed by atoms with van der Waals surface area (Å²) in [7, 11) is 0. The summed E-state index contributed by atoms with van der Waals surface area (Å²) in [6, 6.07) is 9.03. The lowest BCUT2D eigenvalue weighted by molar-refractivity contribution is -0.128. The van der Waals surface area contributed by atoms with E-state index in [2.05, 4.69) is 5.32 Å². The Kier molecular flexibility index (Phi) is 5.30. The predicted octanol–water partition coefficient (Wildman–Crippen LogP) is 2.19. The van der Waals surface area contributed by atoms with Crippen LogP contribution < -0.4 is 5.32 Å². The molecule has 1 atom stereocenters. The minimum absolute atomic E-state index is 0.0260. The lowest BCUT2D eigenvalue weighted by Crippen LogP contribution is -2.40. The molecular formula is C16H21NO3. The molecule has 1 aliphatic heterocycles. The van der Waals surface area contributed by atoms with Crippen LogP contribution in [0.1, 0.15) is 36.5 Å². The van der Waals surface area contributed by atoms with Crippen molar-refractivity contribution in [1.29, 1.82) is 0 Å². The lowest BCUT2D eigenvalue weighted by Gasteiger charge is -2.23. The van der Waals surface area contributed by atoms with Gasteiger partial charge in [-0.3, -0.25) is 9.59 Å². The monoisotopic (exact) mass is 275 g/mol. The molecular weight excluding hydrogens is 254 g/mol. The van der Waals surface area contributed by atoms with Gasteiger partial charge >= 0.3 is 0 Å². The number of nitrogens with one attached hydrogen (secondary N) is 1. The zero-order chi connectivity index (χ0) is 14.4. The number of ether oxygens (including phenoxy) is 1. The van der Waals surface area contributed by atoms with Gasteiger partial charge in [0.15, 0.2) is 5.78 Å². The standard InChI is InChI=1S/C16H21NO3/c1-12(11-15(18)13-5-3-2-4-6-13)17-16(19)14-7-9-20-10-8-14/h2-6,12,14H,7-11H2,1H3,(H,17,19)/t12-/m0/s1. The van der Waals surface area contributed by atoms with Crippen molar-refractivity contribution in [1.82, 2.24) is 5.32 Å². The normalized spacial score (nSPS) is 17.4. The molecule has 0 saturated carbocycles. The van der Waals surface area contributed by atoms with Crippen LogP contribution in [0.15, 0.2) is 30.3 Å². The molecule has 4 heteroatoms. The Balaban J connectivity index is 1.81. The van der Waals surface area contributed by atoms with Gasteiger partial charge in [-0.25, -0.2) is 0 Å². The van der Waals surface area contributed by atoms with E-state index in [9.17, 15) is 9.59 Å². The first kappa shape index (κ1) is 14.7. The SMILES string of the molecule is C[C@@H](CC(=O)c1ccccc1)NC(=O)C1CCOCC1. The summed E-state index contributed by atoms with van der Waals surface area (Å²) in [5.41, 5.74) is 0.694. The van der Waals surface area contributed by atoms with E-state index in [1.807, 2.05) is 25.1 Å². The second-order valence-corrected chi connectivity index (χ2v) is 5.29. The van der Waals surface area contributed by atoms with Gasteiger partial charge in [0.05, 0.1) is 0 Å². The molecule has 0 spiro atoms. The zero-order valence-electron chi connectivity index (χ0n) is 11.8. The van der Waals surface area contributed by atoms with Crippen LogP contribution in [-0.4, -0.2) is 30.9 Å². The van der Waals surface area contributed by atoms with Crippen molar-refractivity contribution in [3.63, 3.8) is 0 Å². The third kappa shape index (κ3) is 4.17. The van der Waals surface area contributed by atoms with Crippen LogP contribution in [0.4, 0.5) is 0 Å². The smallest absolute Gasteiger partial charge is 0.223 e. The van der Waals surface area contributed by atoms with Gasteiger partial charge in [0.1, 0.15) is 0 Å². The van der Waals surface area contributed by atoms with E-state index in [1.165, 1.54) is 0 Å². The van der Waals surface area contributed by atoms with Crippen LogP contribution >= 0.6 is 0 Å². The first-order valence-electron chi connectivity index (χ1n) is 7.13. The van der Waals surface area contributed by atoms with Gasteiger partial charge in [-0.2, -0.15) is 0 Å². The van der Waals surface area contributed by atoms with E-state index < -0.39 is 0 Å². The molecule has 1 fully saturated rings. The zero-order valence-corrected chi connectivity index (χ0v) is 11.8. The molecule has 20 heavy (non-hydrogen) atoms. The second kappa shape index (κ2) is 7.20. The highest BCUT2D eigenvalue weighted by atomic mass is 16.5. The number of ketones is 1. The minimum atomic E-state index is -0.141. The summed E-state index contributed by atoms with van der Waals surface area (Å²) in [6.07, 6.45) is 1.87. The quantitative estimate of drug-likeness (QED) is 0.838. The predicted molar refractivity (Wildman–Crippen MR) is 76.5 cm³/mol. The van der Waals surface area contributed by atoms with Crippen LogP contribution in [0.2, 0.25) is 0 Å². The van der Waals surface area contributed by atoms with Gasteiger partial charge < -0.3 is 10.1 Å². The number of hydrogen-bond acceptors (Lipinski definition) is 3. The molecule has 108 valence electrons. The Labute approximate surface area is 119 Å². The van der Waals surface area contributed by atoms with Crippen molar-refractivity contribution in [2.24, 2.45) is 5.92 Å². The molecule has 1 N–H and O–H groups in total. The number of hydrogen-bond donors (Lipinski definition) is 1. The molecule has 0 aliphatic carbocycles. The molecule has 0 unspecified atom stereocenters. The van der Waals surface area contributed by atoms with Crippen LogP contribution in [0.5, 0.6) is 0 Å². The van der Waals surface area contributed by atoms with E-state index in [4.69, 9.17) is 4.74 Å². The van der Waals surface area contributed by atoms with Crippen molar-refractivity contribution in [2.75, 3.05) is 13.2 Å². The number of benzene rings is 1. The van der Waals surface area contributed by atoms with Gasteiger partial charge in [-0.05, 0) is 19.8 Å². The average Bonchev–Trinajstić information content (AvgIpc) is 2.49. The maximum Gasteiger partial charge on any atom is 0.223 e. The largest absolute Gasteiger partial charge is 0.381 e. The second-order valence-electron chi connectivity index (χ2n) is 5.29. The summed E-state index contributed by atoms with van der Waals surface area (Å²) in [6.45, 7) is 3.17. The third-order valence-electron chi connectivity index (χ3n) is 3.57. The van der Waals surface area contributed by atoms with E-state index >= 15 is 0 Å². The molecule has 1 aliphatic rings. The Morgan fingerprint density at radius 3 is 2.55 bits per heavy atom. The third-order valence-corrected chi connectivity index (χ3v) is 3.57. The van der Waals surface area contributed by atoms with Gasteiger partial charge in [0.2, 0.25) is 5.91 Å². The Hall–Kier alpha value is -1.68. The summed E-state index contributed by atoms with van der Waals surface area (Å²) in [4.78, 5) is 24.1. The van der Waals surface area contributed by atoms with Crippen molar-refractivity contribution in [2.45, 2.75) is 32.2 Å². The van der Waals surface area contributed by atoms with E-state index in [-0.39, 0.29) is 23.7 Å². The van der Waals surface area contributed by atoms with Crippen LogP contribution in [0, 0.1) is 5.92 Å². The van der Waals surface area contributed by atoms with Crippen LogP contribution in [0.3, 0.4) is 0 Å². The fourth-order valence-corrected chi connectivity index (χ4v) is 2.39. The van der Waals surface area contributed by atoms with E-state index in [0.29, 0.717) is 25.2 Å². The fraction of sp³-hybridized carbons (Fsp3) is 0.500. The maximum atomic E-state index is 12.0. The van der Waals surface area contributed by atoms with Gasteiger partial charge in [0.25, 0.3) is 0 Å². The van der Waals surface area contributed by atoms with E-state index in [0.717, 1.165) is 12.8 Å². The van der Waals surface area contributed by atoms with Crippen LogP contribution in [-0.2, 0) is 9.53 Å². The minimum Gasteiger partial charge on any atom is -0.381 e. The van der Waals surface area contributed by atoms with E-state index in [1.54, 1.807) is 12.1 Å². The molecule has 1 aromatic carbocycles. The molecule has 1 heterocycles. The number of amides is 1. The van der Waals surface area contributed by atoms with Crippen molar-refractivity contribution in [3.05, 3.63) is 35.9 Å². The van der Waals surface area contributed by atoms with Gasteiger partial charge in [-0.1, -0.05) is 30.3 Å². The van der Waals surface area contributed by atoms with Crippen molar-refractivity contribution < 1.29 is 14.3 Å². The molecule has 0 aromatic heterocycles. The van der Waals surface area contributed by atoms with Crippen molar-refractivity contribution >= 4 is 11.7 Å². The van der Waals surface area contributed by atoms with Gasteiger partial charge in [-0.15, -0.1) is 0 Å². The molecule has 2 rings (SSSR count). The Morgan fingerprint density at radius 2 is 1.90 bits per heavy atom. The highest BCUT2D eigenvalue weighted by molar-refractivity contribution is 5.96. The first-order chi connectivity index (χ1) is 9.66. The Bertz CT molecular complexity index is 452. The molecule has 0 bridgehead atoms. The fourth-order valence-electron chi connectivity index (χ4n) is 2.39. The summed E-state index contributed by atoms with van der Waals surface area (Å²) in [5.74, 6) is 0.130. The average molecular weight is 275 g/mol. The highest BCUT2D eigenvalue weighted by Gasteiger charge is 2.23. The first-order valence-corrected chi connectivity index (χ1v) is 7.13. The molecule has 1 amide bonds. The molecule has 1 saturated heterocycles. The molecule has 4 nitrogen and oxygen atoms in total. The number of Topliss-reactive ketones (excluding diaryl/α,β-unsaturated/α-hetero) is 1. The lowest BCUT2D eigenvalue weighted by atomic mass is 9.98. The summed E-state index contributed by atoms with van der Waals surface area (Å²) >= 11 is 0. The van der Waals surface area contributed by atoms with Crippen LogP contribution in [0.25, 0.3) is 0 Å². The topological polar surface area (TPSA) is 55.4 Å². The molecule has 1 aromatic rings. The molecule has 0 radical (unpaired) electrons. The maximum absolute atomic E-state index is 12.0. The number of carbonyl (C=O) groups excluding carboxylic acids is 2. The highest BCUT2D eigenvalue weighted by Crippen LogP contribution is 2.15. The number of rotatable bonds is 5. The summed E-state index contributed by atoms with van der Waals surface area (Å²) in [5, 5.41) is 2.93. The number of carbonyl (C=O) groups is 2.